The van der Waals surface area contributed by atoms with Gasteiger partial charge in [-0.05, 0) is 37.3 Å². The molecule has 4 heteroatoms. The lowest BCUT2D eigenvalue weighted by Crippen LogP contribution is -2.22. The van der Waals surface area contributed by atoms with Crippen LogP contribution in [0.25, 0.3) is 5.69 Å². The summed E-state index contributed by atoms with van der Waals surface area (Å²) < 4.78 is 13.6. The van der Waals surface area contributed by atoms with Crippen LogP contribution in [0, 0.1) is 6.92 Å². The zero-order chi connectivity index (χ0) is 17.2. The topological polar surface area (TPSA) is 26.6 Å². The van der Waals surface area contributed by atoms with Crippen molar-refractivity contribution in [2.75, 3.05) is 25.2 Å². The Morgan fingerprint density at radius 1 is 1.04 bits per heavy atom. The molecule has 1 atom stereocenters. The minimum atomic E-state index is -0.0568. The van der Waals surface area contributed by atoms with Gasteiger partial charge in [0.25, 0.3) is 0 Å². The minimum Gasteiger partial charge on any atom is -0.495 e. The number of ether oxygens (including phenoxy) is 2. The highest BCUT2D eigenvalue weighted by molar-refractivity contribution is 5.51. The number of rotatable bonds is 4. The molecule has 3 aromatic rings. The molecule has 4 nitrogen and oxygen atoms in total. The Morgan fingerprint density at radius 2 is 1.84 bits per heavy atom. The third-order valence-electron chi connectivity index (χ3n) is 4.62. The third kappa shape index (κ3) is 3.01. The molecule has 1 saturated heterocycles. The molecular formula is C21H22N2O2. The molecule has 2 aromatic carbocycles. The second-order valence-corrected chi connectivity index (χ2v) is 6.28. The van der Waals surface area contributed by atoms with Crippen LogP contribution >= 0.6 is 0 Å². The summed E-state index contributed by atoms with van der Waals surface area (Å²) in [7, 11) is 1.70. The van der Waals surface area contributed by atoms with Crippen LogP contribution in [0.5, 0.6) is 5.75 Å². The van der Waals surface area contributed by atoms with Crippen molar-refractivity contribution in [3.05, 3.63) is 78.1 Å². The standard InChI is InChI=1S/C21H22N2O2/c1-16-7-9-18(10-8-16)23-13-14-25-21(23)17-11-12-22(15-17)19-5-3-4-6-20(19)24-2/h3-12,15,21H,13-14H2,1-2H3. The Morgan fingerprint density at radius 3 is 2.64 bits per heavy atom. The number of aromatic nitrogens is 1. The first-order valence-electron chi connectivity index (χ1n) is 8.52. The van der Waals surface area contributed by atoms with E-state index in [0.29, 0.717) is 0 Å². The SMILES string of the molecule is COc1ccccc1-n1ccc(C2OCCN2c2ccc(C)cc2)c1. The fourth-order valence-electron chi connectivity index (χ4n) is 3.30. The Labute approximate surface area is 148 Å². The number of para-hydroxylation sites is 2. The van der Waals surface area contributed by atoms with Gasteiger partial charge in [-0.1, -0.05) is 29.8 Å². The number of anilines is 1. The van der Waals surface area contributed by atoms with Gasteiger partial charge in [0.15, 0.2) is 6.23 Å². The van der Waals surface area contributed by atoms with Crippen LogP contribution in [0.4, 0.5) is 5.69 Å². The number of nitrogens with zero attached hydrogens (tertiary/aromatic N) is 2. The fourth-order valence-corrected chi connectivity index (χ4v) is 3.30. The van der Waals surface area contributed by atoms with Gasteiger partial charge in [0.05, 0.1) is 19.4 Å². The molecule has 128 valence electrons. The molecule has 2 heterocycles. The number of hydrogen-bond donors (Lipinski definition) is 0. The maximum absolute atomic E-state index is 6.02. The first-order valence-corrected chi connectivity index (χ1v) is 8.52. The molecule has 1 unspecified atom stereocenters. The van der Waals surface area contributed by atoms with Crippen molar-refractivity contribution >= 4 is 5.69 Å². The maximum Gasteiger partial charge on any atom is 0.158 e. The van der Waals surface area contributed by atoms with Crippen molar-refractivity contribution < 1.29 is 9.47 Å². The molecule has 1 aliphatic heterocycles. The van der Waals surface area contributed by atoms with E-state index in [1.807, 2.05) is 18.2 Å². The highest BCUT2D eigenvalue weighted by atomic mass is 16.5. The summed E-state index contributed by atoms with van der Waals surface area (Å²) in [5.74, 6) is 0.854. The largest absolute Gasteiger partial charge is 0.495 e. The molecule has 0 radical (unpaired) electrons. The van der Waals surface area contributed by atoms with Crippen LogP contribution in [0.3, 0.4) is 0 Å². The number of hydrogen-bond acceptors (Lipinski definition) is 3. The van der Waals surface area contributed by atoms with Gasteiger partial charge < -0.3 is 18.9 Å². The van der Waals surface area contributed by atoms with Crippen molar-refractivity contribution in [2.45, 2.75) is 13.2 Å². The van der Waals surface area contributed by atoms with Crippen LogP contribution in [0.15, 0.2) is 67.0 Å². The first kappa shape index (κ1) is 15.8. The van der Waals surface area contributed by atoms with Gasteiger partial charge in [0.2, 0.25) is 0 Å². The molecule has 4 rings (SSSR count). The molecule has 0 N–H and O–H groups in total. The van der Waals surface area contributed by atoms with E-state index in [-0.39, 0.29) is 6.23 Å². The summed E-state index contributed by atoms with van der Waals surface area (Å²) >= 11 is 0. The van der Waals surface area contributed by atoms with E-state index >= 15 is 0 Å². The van der Waals surface area contributed by atoms with Gasteiger partial charge in [-0.3, -0.25) is 0 Å². The van der Waals surface area contributed by atoms with Crippen molar-refractivity contribution in [2.24, 2.45) is 0 Å². The van der Waals surface area contributed by atoms with Crippen molar-refractivity contribution in [3.8, 4) is 11.4 Å². The van der Waals surface area contributed by atoms with E-state index in [1.165, 1.54) is 11.3 Å². The van der Waals surface area contributed by atoms with E-state index in [2.05, 4.69) is 65.2 Å². The summed E-state index contributed by atoms with van der Waals surface area (Å²) in [4.78, 5) is 2.31. The molecule has 1 fully saturated rings. The average molecular weight is 334 g/mol. The summed E-state index contributed by atoms with van der Waals surface area (Å²) in [6.07, 6.45) is 4.12. The van der Waals surface area contributed by atoms with Crippen LogP contribution in [-0.4, -0.2) is 24.8 Å². The predicted molar refractivity (Wildman–Crippen MR) is 99.5 cm³/mol. The second kappa shape index (κ2) is 6.65. The lowest BCUT2D eigenvalue weighted by Gasteiger charge is -2.24. The Kier molecular flexibility index (Phi) is 4.20. The van der Waals surface area contributed by atoms with Crippen molar-refractivity contribution in [1.82, 2.24) is 4.57 Å². The molecule has 1 aliphatic rings. The van der Waals surface area contributed by atoms with E-state index in [0.717, 1.165) is 30.2 Å². The Balaban J connectivity index is 1.64. The summed E-state index contributed by atoms with van der Waals surface area (Å²) in [5.41, 5.74) is 4.63. The number of methoxy groups -OCH3 is 1. The van der Waals surface area contributed by atoms with Gasteiger partial charge in [-0.15, -0.1) is 0 Å². The molecule has 0 bridgehead atoms. The van der Waals surface area contributed by atoms with Gasteiger partial charge in [0.1, 0.15) is 5.75 Å². The molecule has 0 aliphatic carbocycles. The molecular weight excluding hydrogens is 312 g/mol. The van der Waals surface area contributed by atoms with Crippen molar-refractivity contribution in [3.63, 3.8) is 0 Å². The lowest BCUT2D eigenvalue weighted by atomic mass is 10.2. The highest BCUT2D eigenvalue weighted by Crippen LogP contribution is 2.33. The van der Waals surface area contributed by atoms with Gasteiger partial charge in [-0.25, -0.2) is 0 Å². The zero-order valence-electron chi connectivity index (χ0n) is 14.6. The van der Waals surface area contributed by atoms with E-state index < -0.39 is 0 Å². The quantitative estimate of drug-likeness (QED) is 0.710. The molecule has 0 amide bonds. The van der Waals surface area contributed by atoms with Gasteiger partial charge in [-0.2, -0.15) is 0 Å². The monoisotopic (exact) mass is 334 g/mol. The van der Waals surface area contributed by atoms with Gasteiger partial charge >= 0.3 is 0 Å². The van der Waals surface area contributed by atoms with E-state index in [1.54, 1.807) is 7.11 Å². The number of benzene rings is 2. The molecule has 1 aromatic heterocycles. The predicted octanol–water partition coefficient (Wildman–Crippen LogP) is 4.33. The molecule has 0 spiro atoms. The van der Waals surface area contributed by atoms with E-state index in [9.17, 15) is 0 Å². The number of aryl methyl sites for hydroxylation is 1. The fraction of sp³-hybridized carbons (Fsp3) is 0.238. The van der Waals surface area contributed by atoms with Crippen molar-refractivity contribution in [1.29, 1.82) is 0 Å². The average Bonchev–Trinajstić information content (AvgIpc) is 3.31. The molecule has 0 saturated carbocycles. The summed E-state index contributed by atoms with van der Waals surface area (Å²) in [6, 6.07) is 18.7. The van der Waals surface area contributed by atoms with Crippen LogP contribution < -0.4 is 9.64 Å². The second-order valence-electron chi connectivity index (χ2n) is 6.28. The summed E-state index contributed by atoms with van der Waals surface area (Å²) in [5, 5.41) is 0. The van der Waals surface area contributed by atoms with Gasteiger partial charge in [0, 0.05) is 30.2 Å². The summed E-state index contributed by atoms with van der Waals surface area (Å²) in [6.45, 7) is 3.74. The maximum atomic E-state index is 6.02. The Bertz CT molecular complexity index is 854. The van der Waals surface area contributed by atoms with E-state index in [4.69, 9.17) is 9.47 Å². The normalized spacial score (nSPS) is 17.0. The smallest absolute Gasteiger partial charge is 0.158 e. The van der Waals surface area contributed by atoms with Crippen LogP contribution in [-0.2, 0) is 4.74 Å². The lowest BCUT2D eigenvalue weighted by molar-refractivity contribution is 0.114. The highest BCUT2D eigenvalue weighted by Gasteiger charge is 2.28. The van der Waals surface area contributed by atoms with Crippen LogP contribution in [0.1, 0.15) is 17.4 Å². The van der Waals surface area contributed by atoms with Crippen LogP contribution in [0.2, 0.25) is 0 Å². The third-order valence-corrected chi connectivity index (χ3v) is 4.62. The molecule has 25 heavy (non-hydrogen) atoms. The Hall–Kier alpha value is -2.72. The first-order chi connectivity index (χ1) is 12.3. The zero-order valence-corrected chi connectivity index (χ0v) is 14.6. The minimum absolute atomic E-state index is 0.0568.